The number of hydrogen-bond acceptors (Lipinski definition) is 3. The minimum Gasteiger partial charge on any atom is -0.475 e. The van der Waals surface area contributed by atoms with Crippen molar-refractivity contribution in [2.45, 2.75) is 0 Å². The quantitative estimate of drug-likeness (QED) is 0.232. The Morgan fingerprint density at radius 3 is 2.00 bits per heavy atom. The predicted molar refractivity (Wildman–Crippen MR) is 29.9 cm³/mol. The van der Waals surface area contributed by atoms with Crippen LogP contribution >= 0.6 is 7.82 Å². The molecule has 0 aliphatic rings. The van der Waals surface area contributed by atoms with Crippen LogP contribution in [0.4, 0.5) is 0 Å². The summed E-state index contributed by atoms with van der Waals surface area (Å²) in [6, 6.07) is 0. The lowest BCUT2D eigenvalue weighted by atomic mass is 11.0. The molecule has 0 aromatic rings. The van der Waals surface area contributed by atoms with E-state index in [4.69, 9.17) is 14.9 Å². The number of carbonyl (C=O) groups is 1. The minimum atomic E-state index is -4.76. The Bertz CT molecular complexity index is 201. The van der Waals surface area contributed by atoms with Crippen LogP contribution in [0.5, 0.6) is 0 Å². The molecule has 0 aliphatic carbocycles. The van der Waals surface area contributed by atoms with E-state index in [1.165, 1.54) is 0 Å². The van der Waals surface area contributed by atoms with Gasteiger partial charge in [-0.3, -0.25) is 9.79 Å². The van der Waals surface area contributed by atoms with Gasteiger partial charge in [-0.25, -0.2) is 9.36 Å². The third kappa shape index (κ3) is 4.08. The lowest BCUT2D eigenvalue weighted by Gasteiger charge is -2.03. The average molecular weight is 169 g/mol. The van der Waals surface area contributed by atoms with Gasteiger partial charge in [0.1, 0.15) is 0 Å². The Morgan fingerprint density at radius 2 is 1.90 bits per heavy atom. The van der Waals surface area contributed by atoms with Gasteiger partial charge in [0, 0.05) is 0 Å². The molecule has 0 aliphatic heterocycles. The summed E-state index contributed by atoms with van der Waals surface area (Å²) in [4.78, 5) is 25.8. The highest BCUT2D eigenvalue weighted by Crippen LogP contribution is 2.38. The molecule has 0 bridgehead atoms. The summed E-state index contributed by atoms with van der Waals surface area (Å²) in [5.74, 6) is -2.59. The number of phosphoric ester groups is 1. The van der Waals surface area contributed by atoms with Crippen molar-refractivity contribution in [3.05, 3.63) is 12.3 Å². The first-order chi connectivity index (χ1) is 4.33. The van der Waals surface area contributed by atoms with E-state index in [9.17, 15) is 9.36 Å². The van der Waals surface area contributed by atoms with Crippen LogP contribution < -0.4 is 0 Å². The molecule has 0 saturated carbocycles. The van der Waals surface area contributed by atoms with E-state index in [-0.39, 0.29) is 0 Å². The second kappa shape index (κ2) is 2.83. The second-order valence-corrected chi connectivity index (χ2v) is 2.47. The molecule has 58 valence electrons. The van der Waals surface area contributed by atoms with Gasteiger partial charge in [-0.1, -0.05) is 0 Å². The van der Waals surface area contributed by atoms with E-state index in [2.05, 4.69) is 11.1 Å². The van der Waals surface area contributed by atoms with Crippen LogP contribution in [-0.2, 0) is 13.9 Å². The largest absolute Gasteiger partial charge is 0.525 e. The zero-order valence-corrected chi connectivity index (χ0v) is 5.62. The molecule has 0 aromatic heterocycles. The third-order valence-corrected chi connectivity index (χ3v) is 0.926. The molecule has 7 heteroatoms. The Labute approximate surface area is 56.0 Å². The molecule has 0 unspecified atom stereocenters. The highest BCUT2D eigenvalue weighted by atomic mass is 31.2. The van der Waals surface area contributed by atoms with E-state index >= 15 is 0 Å². The highest BCUT2D eigenvalue weighted by molar-refractivity contribution is 7.46. The summed E-state index contributed by atoms with van der Waals surface area (Å²) in [5.41, 5.74) is 0. The first-order valence-corrected chi connectivity index (χ1v) is 3.53. The number of aliphatic carboxylic acids is 1. The molecule has 0 saturated heterocycles. The molecule has 0 heterocycles. The Hall–Kier alpha value is -0.840. The SMILES string of the molecule is C=[13C](OP(=O)(O)O)C(=O)O. The Morgan fingerprint density at radius 1 is 1.50 bits per heavy atom. The van der Waals surface area contributed by atoms with Crippen LogP contribution in [0, 0.1) is 0 Å². The van der Waals surface area contributed by atoms with Gasteiger partial charge >= 0.3 is 13.8 Å². The van der Waals surface area contributed by atoms with Crippen LogP contribution in [-0.4, -0.2) is 20.9 Å². The van der Waals surface area contributed by atoms with Crippen LogP contribution in [0.2, 0.25) is 0 Å². The maximum absolute atomic E-state index is 9.89. The first-order valence-electron chi connectivity index (χ1n) is 2.00. The second-order valence-electron chi connectivity index (χ2n) is 1.31. The average Bonchev–Trinajstić information content (AvgIpc) is 1.60. The maximum atomic E-state index is 9.89. The van der Waals surface area contributed by atoms with E-state index in [0.717, 1.165) is 0 Å². The Kier molecular flexibility index (Phi) is 2.59. The maximum Gasteiger partial charge on any atom is 0.525 e. The number of carboxylic acids is 1. The predicted octanol–water partition coefficient (Wildman–Crippen LogP) is -0.306. The van der Waals surface area contributed by atoms with Crippen LogP contribution in [0.1, 0.15) is 0 Å². The molecule has 0 atom stereocenters. The standard InChI is InChI=1S/C3H5O6P/c1-2(3(4)5)9-10(6,7)8/h1H2,(H,4,5)(H2,6,7,8)/i2+1. The number of carboxylic acid groups (broad SMARTS) is 1. The summed E-state index contributed by atoms with van der Waals surface area (Å²) in [6.45, 7) is 2.73. The van der Waals surface area contributed by atoms with E-state index in [1.54, 1.807) is 0 Å². The van der Waals surface area contributed by atoms with Gasteiger partial charge in [-0.05, 0) is 6.58 Å². The van der Waals surface area contributed by atoms with Crippen molar-refractivity contribution in [2.75, 3.05) is 0 Å². The first kappa shape index (κ1) is 9.16. The molecular formula is C3H5O6P. The van der Waals surface area contributed by atoms with Gasteiger partial charge in [0.2, 0.25) is 5.76 Å². The molecule has 0 fully saturated rings. The molecule has 10 heavy (non-hydrogen) atoms. The van der Waals surface area contributed by atoms with Crippen LogP contribution in [0.3, 0.4) is 0 Å². The number of hydrogen-bond donors (Lipinski definition) is 3. The molecular weight excluding hydrogens is 164 g/mol. The van der Waals surface area contributed by atoms with Gasteiger partial charge in [-0.15, -0.1) is 0 Å². The van der Waals surface area contributed by atoms with Gasteiger partial charge in [0.15, 0.2) is 0 Å². The van der Waals surface area contributed by atoms with Crippen LogP contribution in [0.25, 0.3) is 0 Å². The molecule has 0 amide bonds. The number of phosphoric acid groups is 1. The zero-order chi connectivity index (χ0) is 8.36. The molecule has 6 nitrogen and oxygen atoms in total. The van der Waals surface area contributed by atoms with Gasteiger partial charge in [-0.2, -0.15) is 0 Å². The van der Waals surface area contributed by atoms with Crippen molar-refractivity contribution in [3.8, 4) is 0 Å². The van der Waals surface area contributed by atoms with Gasteiger partial charge < -0.3 is 9.63 Å². The van der Waals surface area contributed by atoms with E-state index in [1.807, 2.05) is 0 Å². The fraction of sp³-hybridized carbons (Fsp3) is 0. The molecule has 0 aromatic carbocycles. The van der Waals surface area contributed by atoms with Gasteiger partial charge in [0.25, 0.3) is 0 Å². The lowest BCUT2D eigenvalue weighted by Crippen LogP contribution is -2.01. The summed E-state index contributed by atoms with van der Waals surface area (Å²) in [7, 11) is -4.76. The summed E-state index contributed by atoms with van der Waals surface area (Å²) in [6.07, 6.45) is 0. The van der Waals surface area contributed by atoms with Crippen LogP contribution in [0.15, 0.2) is 12.3 Å². The van der Waals surface area contributed by atoms with E-state index < -0.39 is 19.6 Å². The monoisotopic (exact) mass is 169 g/mol. The lowest BCUT2D eigenvalue weighted by molar-refractivity contribution is -0.135. The summed E-state index contributed by atoms with van der Waals surface area (Å²) < 4.78 is 13.5. The van der Waals surface area contributed by atoms with Crippen molar-refractivity contribution in [3.63, 3.8) is 0 Å². The Balaban J connectivity index is 4.07. The fourth-order valence-corrected chi connectivity index (χ4v) is 0.548. The zero-order valence-electron chi connectivity index (χ0n) is 4.72. The normalized spacial score (nSPS) is 10.6. The van der Waals surface area contributed by atoms with E-state index in [0.29, 0.717) is 0 Å². The van der Waals surface area contributed by atoms with Crippen molar-refractivity contribution in [1.82, 2.24) is 0 Å². The highest BCUT2D eigenvalue weighted by Gasteiger charge is 2.19. The number of rotatable bonds is 3. The minimum absolute atomic E-state index is 0.978. The fourth-order valence-electron chi connectivity index (χ4n) is 0.183. The molecule has 0 radical (unpaired) electrons. The third-order valence-electron chi connectivity index (χ3n) is 0.468. The van der Waals surface area contributed by atoms with Crippen molar-refractivity contribution in [1.29, 1.82) is 0 Å². The summed E-state index contributed by atoms with van der Waals surface area (Å²) >= 11 is 0. The smallest absolute Gasteiger partial charge is 0.475 e. The van der Waals surface area contributed by atoms with Crippen molar-refractivity contribution >= 4 is 13.8 Å². The summed E-state index contributed by atoms with van der Waals surface area (Å²) in [5, 5.41) is 7.98. The topological polar surface area (TPSA) is 104 Å². The van der Waals surface area contributed by atoms with Crippen molar-refractivity contribution < 1.29 is 28.8 Å². The molecule has 0 spiro atoms. The molecule has 3 N–H and O–H groups in total. The van der Waals surface area contributed by atoms with Crippen molar-refractivity contribution in [2.24, 2.45) is 0 Å². The van der Waals surface area contributed by atoms with Gasteiger partial charge in [0.05, 0.1) is 0 Å². The molecule has 0 rings (SSSR count).